The highest BCUT2D eigenvalue weighted by molar-refractivity contribution is 6.30. The number of carbonyl (C=O) groups is 3. The molecule has 1 aromatic heterocycles. The number of anilines is 3. The van der Waals surface area contributed by atoms with E-state index < -0.39 is 12.0 Å². The average molecular weight is 795 g/mol. The van der Waals surface area contributed by atoms with Crippen molar-refractivity contribution in [1.82, 2.24) is 14.9 Å². The quantitative estimate of drug-likeness (QED) is 0.262. The van der Waals surface area contributed by atoms with Gasteiger partial charge in [-0.2, -0.15) is 9.97 Å². The normalized spacial score (nSPS) is 32.5. The molecule has 7 aliphatic rings. The largest absolute Gasteiger partial charge is 0.502 e. The van der Waals surface area contributed by atoms with Gasteiger partial charge >= 0.3 is 5.97 Å². The molecule has 2 aromatic rings. The smallest absolute Gasteiger partial charge is 0.336 e. The molecule has 2 saturated carbocycles. The van der Waals surface area contributed by atoms with Crippen molar-refractivity contribution >= 4 is 46.7 Å². The van der Waals surface area contributed by atoms with E-state index in [4.69, 9.17) is 21.6 Å². The van der Waals surface area contributed by atoms with E-state index in [2.05, 4.69) is 52.5 Å². The van der Waals surface area contributed by atoms with E-state index in [1.54, 1.807) is 24.3 Å². The number of halogens is 1. The Labute approximate surface area is 340 Å². The summed E-state index contributed by atoms with van der Waals surface area (Å²) in [5.41, 5.74) is 2.88. The van der Waals surface area contributed by atoms with Gasteiger partial charge in [0.2, 0.25) is 11.7 Å². The standard InChI is InChI=1S/C45H55ClN6O5/c1-27-22-35-32-10-8-28-23-30(53)12-14-44(28,2)34(32)13-15-45(35,3)38(27)37(54)26-51-20-21-52(25-36(51)33-24-29(46)9-11-31(33)42(56)57)41-39(55)40(49-16-4-5-17-49)47-43(48-41)50-18-6-7-19-50/h9,11-14,23-24,27,32,35-36,38,55H,4-8,10,15-22,25-26H2,1-3H3,(H,56,57)/t27-,32?,35?,36?,38-,44+,45+/m1/s1. The number of aromatic carboxylic acids is 1. The molecule has 12 heteroatoms. The Morgan fingerprint density at radius 1 is 0.965 bits per heavy atom. The molecule has 4 heterocycles. The lowest BCUT2D eigenvalue weighted by Crippen LogP contribution is -2.52. The number of carboxylic acid groups (broad SMARTS) is 1. The number of carboxylic acids is 1. The van der Waals surface area contributed by atoms with Gasteiger partial charge < -0.3 is 24.9 Å². The number of benzene rings is 1. The van der Waals surface area contributed by atoms with Crippen molar-refractivity contribution in [2.24, 2.45) is 34.5 Å². The van der Waals surface area contributed by atoms with Crippen LogP contribution in [0, 0.1) is 34.5 Å². The summed E-state index contributed by atoms with van der Waals surface area (Å²) in [6.45, 7) is 11.6. The number of hydrogen-bond donors (Lipinski definition) is 2. The van der Waals surface area contributed by atoms with Crippen LogP contribution >= 0.6 is 11.6 Å². The van der Waals surface area contributed by atoms with E-state index >= 15 is 0 Å². The van der Waals surface area contributed by atoms with E-state index in [-0.39, 0.29) is 52.1 Å². The van der Waals surface area contributed by atoms with Crippen molar-refractivity contribution in [3.8, 4) is 5.75 Å². The second-order valence-corrected chi connectivity index (χ2v) is 18.7. The lowest BCUT2D eigenvalue weighted by molar-refractivity contribution is -0.130. The number of Topliss-reactive ketones (excluding diaryl/α,β-unsaturated/α-hetero) is 1. The average Bonchev–Trinajstić information content (AvgIpc) is 3.97. The molecule has 3 unspecified atom stereocenters. The van der Waals surface area contributed by atoms with Crippen LogP contribution in [0.25, 0.3) is 0 Å². The third-order valence-corrected chi connectivity index (χ3v) is 15.3. The SMILES string of the molecule is C[C@@H]1CC2C3CCC4=CC(=O)C=C[C@]4(C)C3=CC[C@]2(C)[C@H]1C(=O)CN1CCN(c2nc(N3CCCC3)nc(N3CCCC3)c2O)CC1c1cc(Cl)ccc1C(=O)O. The van der Waals surface area contributed by atoms with Gasteiger partial charge in [0.15, 0.2) is 23.2 Å². The zero-order valence-electron chi connectivity index (χ0n) is 33.4. The maximum atomic E-state index is 15.0. The number of piperazine rings is 1. The third-order valence-electron chi connectivity index (χ3n) is 15.0. The molecule has 7 atom stereocenters. The summed E-state index contributed by atoms with van der Waals surface area (Å²) in [6, 6.07) is 4.37. The third kappa shape index (κ3) is 6.47. The Morgan fingerprint density at radius 2 is 1.67 bits per heavy atom. The Morgan fingerprint density at radius 3 is 2.39 bits per heavy atom. The van der Waals surface area contributed by atoms with Gasteiger partial charge in [-0.3, -0.25) is 14.5 Å². The molecule has 57 heavy (non-hydrogen) atoms. The first-order valence-corrected chi connectivity index (χ1v) is 21.5. The number of aromatic nitrogens is 2. The minimum Gasteiger partial charge on any atom is -0.502 e. The predicted molar refractivity (Wildman–Crippen MR) is 221 cm³/mol. The molecule has 1 aromatic carbocycles. The number of ketones is 2. The van der Waals surface area contributed by atoms with E-state index in [0.29, 0.717) is 59.6 Å². The molecule has 0 spiro atoms. The van der Waals surface area contributed by atoms with Crippen LogP contribution in [0.3, 0.4) is 0 Å². The molecule has 0 amide bonds. The number of allylic oxidation sites excluding steroid dienone is 6. The minimum absolute atomic E-state index is 0.0469. The molecule has 302 valence electrons. The maximum absolute atomic E-state index is 15.0. The highest BCUT2D eigenvalue weighted by Crippen LogP contribution is 2.65. The molecule has 3 saturated heterocycles. The lowest BCUT2D eigenvalue weighted by Gasteiger charge is -2.52. The van der Waals surface area contributed by atoms with Gasteiger partial charge in [-0.05, 0) is 117 Å². The molecule has 2 N–H and O–H groups in total. The summed E-state index contributed by atoms with van der Waals surface area (Å²) >= 11 is 6.60. The topological polar surface area (TPSA) is 130 Å². The number of nitrogens with zero attached hydrogens (tertiary/aromatic N) is 6. The molecule has 0 radical (unpaired) electrons. The van der Waals surface area contributed by atoms with Crippen molar-refractivity contribution < 1.29 is 24.6 Å². The summed E-state index contributed by atoms with van der Waals surface area (Å²) in [4.78, 5) is 58.5. The summed E-state index contributed by atoms with van der Waals surface area (Å²) in [5.74, 6) is 1.65. The van der Waals surface area contributed by atoms with E-state index in [1.165, 1.54) is 11.1 Å². The fourth-order valence-electron chi connectivity index (χ4n) is 12.2. The fourth-order valence-corrected chi connectivity index (χ4v) is 12.4. The van der Waals surface area contributed by atoms with Gasteiger partial charge in [0, 0.05) is 62.2 Å². The van der Waals surface area contributed by atoms with E-state index in [9.17, 15) is 24.6 Å². The Balaban J connectivity index is 1.03. The maximum Gasteiger partial charge on any atom is 0.336 e. The first-order valence-electron chi connectivity index (χ1n) is 21.2. The molecular formula is C45H55ClN6O5. The Kier molecular flexibility index (Phi) is 9.78. The van der Waals surface area contributed by atoms with Crippen LogP contribution in [0.4, 0.5) is 17.6 Å². The second-order valence-electron chi connectivity index (χ2n) is 18.3. The highest BCUT2D eigenvalue weighted by Gasteiger charge is 2.59. The van der Waals surface area contributed by atoms with Crippen LogP contribution in [0.2, 0.25) is 5.02 Å². The van der Waals surface area contributed by atoms with Gasteiger partial charge in [-0.25, -0.2) is 4.79 Å². The predicted octanol–water partition coefficient (Wildman–Crippen LogP) is 7.26. The van der Waals surface area contributed by atoms with Crippen molar-refractivity contribution in [2.75, 3.05) is 67.1 Å². The molecule has 11 nitrogen and oxygen atoms in total. The van der Waals surface area contributed by atoms with E-state index in [1.807, 2.05) is 6.08 Å². The lowest BCUT2D eigenvalue weighted by atomic mass is 9.52. The first-order chi connectivity index (χ1) is 27.4. The molecule has 4 aliphatic carbocycles. The number of fused-ring (bicyclic) bond motifs is 5. The van der Waals surface area contributed by atoms with Crippen LogP contribution in [0.1, 0.15) is 94.1 Å². The second kappa shape index (κ2) is 14.6. The molecule has 0 bridgehead atoms. The number of aromatic hydroxyl groups is 1. The zero-order chi connectivity index (χ0) is 39.8. The minimum atomic E-state index is -1.05. The van der Waals surface area contributed by atoms with Crippen molar-refractivity contribution in [3.05, 3.63) is 69.8 Å². The van der Waals surface area contributed by atoms with Crippen LogP contribution < -0.4 is 14.7 Å². The van der Waals surface area contributed by atoms with Crippen molar-refractivity contribution in [3.63, 3.8) is 0 Å². The van der Waals surface area contributed by atoms with Gasteiger partial charge in [0.1, 0.15) is 0 Å². The number of rotatable bonds is 8. The van der Waals surface area contributed by atoms with Crippen LogP contribution in [0.15, 0.2) is 53.6 Å². The van der Waals surface area contributed by atoms with E-state index in [0.717, 1.165) is 77.5 Å². The Hall–Kier alpha value is -4.22. The van der Waals surface area contributed by atoms with Gasteiger partial charge in [0.05, 0.1) is 18.2 Å². The monoisotopic (exact) mass is 794 g/mol. The summed E-state index contributed by atoms with van der Waals surface area (Å²) < 4.78 is 0. The highest BCUT2D eigenvalue weighted by atomic mass is 35.5. The summed E-state index contributed by atoms with van der Waals surface area (Å²) in [6.07, 6.45) is 16.0. The van der Waals surface area contributed by atoms with Crippen molar-refractivity contribution in [2.45, 2.75) is 78.2 Å². The molecule has 5 fully saturated rings. The zero-order valence-corrected chi connectivity index (χ0v) is 34.2. The summed E-state index contributed by atoms with van der Waals surface area (Å²) in [7, 11) is 0. The Bertz CT molecular complexity index is 2090. The van der Waals surface area contributed by atoms with Gasteiger partial charge in [0.25, 0.3) is 0 Å². The number of carbonyl (C=O) groups excluding carboxylic acids is 2. The molecular weight excluding hydrogens is 740 g/mol. The van der Waals surface area contributed by atoms with Crippen molar-refractivity contribution in [1.29, 1.82) is 0 Å². The number of hydrogen-bond acceptors (Lipinski definition) is 10. The van der Waals surface area contributed by atoms with Gasteiger partial charge in [-0.15, -0.1) is 0 Å². The fraction of sp³-hybridized carbons (Fsp3) is 0.578. The van der Waals surface area contributed by atoms with Crippen LogP contribution in [0.5, 0.6) is 5.75 Å². The first kappa shape index (κ1) is 38.3. The van der Waals surface area contributed by atoms with Crippen LogP contribution in [-0.4, -0.2) is 95.0 Å². The summed E-state index contributed by atoms with van der Waals surface area (Å²) in [5, 5.41) is 22.7. The molecule has 3 aliphatic heterocycles. The van der Waals surface area contributed by atoms with Gasteiger partial charge in [-0.1, -0.05) is 48.7 Å². The molecule has 9 rings (SSSR count). The van der Waals surface area contributed by atoms with Crippen LogP contribution in [-0.2, 0) is 9.59 Å².